The van der Waals surface area contributed by atoms with Crippen LogP contribution < -0.4 is 5.32 Å². The van der Waals surface area contributed by atoms with Crippen LogP contribution in [0.25, 0.3) is 0 Å². The van der Waals surface area contributed by atoms with E-state index < -0.39 is 0 Å². The van der Waals surface area contributed by atoms with E-state index in [0.29, 0.717) is 19.1 Å². The molecule has 1 aromatic heterocycles. The predicted octanol–water partition coefficient (Wildman–Crippen LogP) is 1.30. The van der Waals surface area contributed by atoms with Gasteiger partial charge >= 0.3 is 0 Å². The molecule has 1 aromatic rings. The summed E-state index contributed by atoms with van der Waals surface area (Å²) in [6, 6.07) is 0. The van der Waals surface area contributed by atoms with Gasteiger partial charge in [0.25, 0.3) is 0 Å². The van der Waals surface area contributed by atoms with Crippen molar-refractivity contribution in [3.8, 4) is 0 Å². The largest absolute Gasteiger partial charge is 0.444 e. The van der Waals surface area contributed by atoms with Crippen molar-refractivity contribution in [2.75, 3.05) is 33.5 Å². The lowest BCUT2D eigenvalue weighted by Gasteiger charge is -2.19. The van der Waals surface area contributed by atoms with Crippen molar-refractivity contribution >= 4 is 0 Å². The summed E-state index contributed by atoms with van der Waals surface area (Å²) in [7, 11) is 1.69. The molecule has 96 valence electrons. The van der Waals surface area contributed by atoms with Gasteiger partial charge in [-0.25, -0.2) is 4.98 Å². The van der Waals surface area contributed by atoms with Crippen molar-refractivity contribution in [2.45, 2.75) is 25.3 Å². The van der Waals surface area contributed by atoms with Gasteiger partial charge in [-0.2, -0.15) is 0 Å². The van der Waals surface area contributed by atoms with Crippen LogP contribution >= 0.6 is 0 Å². The van der Waals surface area contributed by atoms with Gasteiger partial charge in [0, 0.05) is 26.2 Å². The highest BCUT2D eigenvalue weighted by atomic mass is 16.5. The first-order valence-corrected chi connectivity index (χ1v) is 6.12. The first-order valence-electron chi connectivity index (χ1n) is 6.12. The lowest BCUT2D eigenvalue weighted by molar-refractivity contribution is 0.0737. The fourth-order valence-electron chi connectivity index (χ4n) is 1.93. The number of aromatic nitrogens is 1. The van der Waals surface area contributed by atoms with Gasteiger partial charge in [-0.3, -0.25) is 0 Å². The fourth-order valence-corrected chi connectivity index (χ4v) is 1.93. The smallest absolute Gasteiger partial charge is 0.208 e. The quantitative estimate of drug-likeness (QED) is 0.760. The average molecular weight is 240 g/mol. The Morgan fingerprint density at radius 1 is 1.59 bits per heavy atom. The van der Waals surface area contributed by atoms with E-state index in [9.17, 15) is 0 Å². The third-order valence-electron chi connectivity index (χ3n) is 2.89. The van der Waals surface area contributed by atoms with Crippen LogP contribution in [-0.2, 0) is 16.0 Å². The molecular formula is C12H20N2O3. The molecule has 1 atom stereocenters. The molecule has 2 heterocycles. The third-order valence-corrected chi connectivity index (χ3v) is 2.89. The lowest BCUT2D eigenvalue weighted by atomic mass is 10.0. The molecule has 0 amide bonds. The Bertz CT molecular complexity index is 321. The maximum absolute atomic E-state index is 5.71. The highest BCUT2D eigenvalue weighted by molar-refractivity contribution is 5.02. The minimum Gasteiger partial charge on any atom is -0.444 e. The molecule has 0 radical (unpaired) electrons. The molecule has 0 aliphatic carbocycles. The van der Waals surface area contributed by atoms with E-state index in [1.807, 2.05) is 6.20 Å². The summed E-state index contributed by atoms with van der Waals surface area (Å²) in [5.74, 6) is 2.07. The maximum Gasteiger partial charge on any atom is 0.208 e. The van der Waals surface area contributed by atoms with E-state index in [2.05, 4.69) is 10.3 Å². The van der Waals surface area contributed by atoms with Gasteiger partial charge in [-0.15, -0.1) is 0 Å². The summed E-state index contributed by atoms with van der Waals surface area (Å²) in [5, 5.41) is 3.21. The summed E-state index contributed by atoms with van der Waals surface area (Å²) in [6.45, 7) is 3.78. The van der Waals surface area contributed by atoms with Gasteiger partial charge in [0.2, 0.25) is 5.89 Å². The second kappa shape index (κ2) is 6.74. The normalized spacial score (nSPS) is 20.6. The van der Waals surface area contributed by atoms with Crippen molar-refractivity contribution in [3.63, 3.8) is 0 Å². The van der Waals surface area contributed by atoms with E-state index in [1.165, 1.54) is 0 Å². The van der Waals surface area contributed by atoms with Crippen molar-refractivity contribution < 1.29 is 13.9 Å². The number of hydrogen-bond acceptors (Lipinski definition) is 5. The zero-order chi connectivity index (χ0) is 11.9. The predicted molar refractivity (Wildman–Crippen MR) is 62.9 cm³/mol. The Morgan fingerprint density at radius 2 is 2.53 bits per heavy atom. The van der Waals surface area contributed by atoms with Crippen LogP contribution in [-0.4, -0.2) is 38.5 Å². The van der Waals surface area contributed by atoms with Crippen molar-refractivity contribution in [2.24, 2.45) is 0 Å². The minimum absolute atomic E-state index is 0.379. The number of nitrogens with zero attached hydrogens (tertiary/aromatic N) is 1. The fraction of sp³-hybridized carbons (Fsp3) is 0.750. The summed E-state index contributed by atoms with van der Waals surface area (Å²) in [6.07, 6.45) is 4.06. The number of rotatable bonds is 6. The van der Waals surface area contributed by atoms with Crippen LogP contribution in [0.4, 0.5) is 0 Å². The highest BCUT2D eigenvalue weighted by Gasteiger charge is 2.19. The van der Waals surface area contributed by atoms with Gasteiger partial charge in [0.1, 0.15) is 5.76 Å². The minimum atomic E-state index is 0.379. The SMILES string of the molecule is COCCNCc1ncc(C2CCCOC2)o1. The third kappa shape index (κ3) is 3.80. The van der Waals surface area contributed by atoms with Crippen LogP contribution in [0.2, 0.25) is 0 Å². The Hall–Kier alpha value is -0.910. The second-order valence-corrected chi connectivity index (χ2v) is 4.24. The van der Waals surface area contributed by atoms with Gasteiger partial charge in [0.15, 0.2) is 0 Å². The molecule has 0 spiro atoms. The number of nitrogens with one attached hydrogen (secondary N) is 1. The van der Waals surface area contributed by atoms with Crippen molar-refractivity contribution in [3.05, 3.63) is 17.8 Å². The Kier molecular flexibility index (Phi) is 4.97. The Balaban J connectivity index is 1.78. The molecule has 5 heteroatoms. The first kappa shape index (κ1) is 12.5. The Labute approximate surface area is 102 Å². The van der Waals surface area contributed by atoms with E-state index in [4.69, 9.17) is 13.9 Å². The molecule has 1 saturated heterocycles. The second-order valence-electron chi connectivity index (χ2n) is 4.24. The topological polar surface area (TPSA) is 56.5 Å². The lowest BCUT2D eigenvalue weighted by Crippen LogP contribution is -2.18. The van der Waals surface area contributed by atoms with Crippen LogP contribution in [0, 0.1) is 0 Å². The standard InChI is InChI=1S/C12H20N2O3/c1-15-6-4-13-8-12-14-7-11(17-12)10-3-2-5-16-9-10/h7,10,13H,2-6,8-9H2,1H3. The zero-order valence-corrected chi connectivity index (χ0v) is 10.3. The molecule has 17 heavy (non-hydrogen) atoms. The summed E-state index contributed by atoms with van der Waals surface area (Å²) in [4.78, 5) is 4.26. The number of oxazole rings is 1. The van der Waals surface area contributed by atoms with Gasteiger partial charge in [0.05, 0.1) is 26.0 Å². The van der Waals surface area contributed by atoms with Gasteiger partial charge in [-0.05, 0) is 12.8 Å². The number of ether oxygens (including phenoxy) is 2. The number of hydrogen-bond donors (Lipinski definition) is 1. The molecule has 1 N–H and O–H groups in total. The Morgan fingerprint density at radius 3 is 3.29 bits per heavy atom. The van der Waals surface area contributed by atoms with Crippen molar-refractivity contribution in [1.29, 1.82) is 0 Å². The molecular weight excluding hydrogens is 220 g/mol. The van der Waals surface area contributed by atoms with Gasteiger partial charge in [-0.1, -0.05) is 0 Å². The van der Waals surface area contributed by atoms with Crippen LogP contribution in [0.3, 0.4) is 0 Å². The zero-order valence-electron chi connectivity index (χ0n) is 10.3. The summed E-state index contributed by atoms with van der Waals surface area (Å²) < 4.78 is 16.1. The molecule has 2 rings (SSSR count). The number of methoxy groups -OCH3 is 1. The monoisotopic (exact) mass is 240 g/mol. The van der Waals surface area contributed by atoms with E-state index in [0.717, 1.165) is 44.3 Å². The van der Waals surface area contributed by atoms with Crippen LogP contribution in [0.15, 0.2) is 10.6 Å². The average Bonchev–Trinajstić information content (AvgIpc) is 2.85. The summed E-state index contributed by atoms with van der Waals surface area (Å²) in [5.41, 5.74) is 0. The highest BCUT2D eigenvalue weighted by Crippen LogP contribution is 2.25. The molecule has 1 aliphatic rings. The van der Waals surface area contributed by atoms with Gasteiger partial charge < -0.3 is 19.2 Å². The van der Waals surface area contributed by atoms with Crippen LogP contribution in [0.1, 0.15) is 30.4 Å². The first-order chi connectivity index (χ1) is 8.40. The van der Waals surface area contributed by atoms with E-state index in [-0.39, 0.29) is 0 Å². The molecule has 0 aromatic carbocycles. The van der Waals surface area contributed by atoms with E-state index in [1.54, 1.807) is 7.11 Å². The molecule has 1 fully saturated rings. The molecule has 1 unspecified atom stereocenters. The summed E-state index contributed by atoms with van der Waals surface area (Å²) >= 11 is 0. The molecule has 0 bridgehead atoms. The maximum atomic E-state index is 5.71. The van der Waals surface area contributed by atoms with E-state index >= 15 is 0 Å². The molecule has 0 saturated carbocycles. The van der Waals surface area contributed by atoms with Crippen molar-refractivity contribution in [1.82, 2.24) is 10.3 Å². The molecule has 5 nitrogen and oxygen atoms in total. The molecule has 1 aliphatic heterocycles. The van der Waals surface area contributed by atoms with Crippen LogP contribution in [0.5, 0.6) is 0 Å².